The molecule has 0 aromatic heterocycles. The second kappa shape index (κ2) is 23.8. The van der Waals surface area contributed by atoms with Crippen LogP contribution in [0.4, 0.5) is 4.79 Å². The van der Waals surface area contributed by atoms with Gasteiger partial charge in [-0.15, -0.1) is 0 Å². The summed E-state index contributed by atoms with van der Waals surface area (Å²) in [6.07, 6.45) is -14.2. The quantitative estimate of drug-likeness (QED) is 0.0521. The zero-order chi connectivity index (χ0) is 50.7. The van der Waals surface area contributed by atoms with E-state index in [0.717, 1.165) is 27.7 Å². The Bertz CT molecular complexity index is 2140. The minimum absolute atomic E-state index is 0.0979. The number of alkyl carbamates (subject to hydrolysis) is 1. The van der Waals surface area contributed by atoms with Crippen LogP contribution < -0.4 is 5.32 Å². The number of carbonyl (C=O) groups excluding carboxylic acids is 6. The summed E-state index contributed by atoms with van der Waals surface area (Å²) < 4.78 is 72.9. The molecule has 5 rings (SSSR count). The van der Waals surface area contributed by atoms with Crippen LogP contribution in [-0.2, 0) is 93.4 Å². The summed E-state index contributed by atoms with van der Waals surface area (Å²) in [7, 11) is -3.43. The van der Waals surface area contributed by atoms with Gasteiger partial charge in [-0.1, -0.05) is 107 Å². The third-order valence-electron chi connectivity index (χ3n) is 11.2. The van der Waals surface area contributed by atoms with Crippen molar-refractivity contribution in [1.82, 2.24) is 5.32 Å². The van der Waals surface area contributed by atoms with Crippen molar-refractivity contribution < 1.29 is 85.0 Å². The topological polar surface area (TPSA) is 274 Å². The first-order valence-corrected chi connectivity index (χ1v) is 24.1. The molecule has 0 radical (unpaired) electrons. The number of nitrogens with zero attached hydrogens (tertiary/aromatic N) is 3. The van der Waals surface area contributed by atoms with Gasteiger partial charge in [0.05, 0.1) is 13.2 Å². The Kier molecular flexibility index (Phi) is 18.7. The molecular formula is C46H62N4O18Si. The van der Waals surface area contributed by atoms with E-state index in [4.69, 9.17) is 56.2 Å². The van der Waals surface area contributed by atoms with Crippen LogP contribution in [0.5, 0.6) is 0 Å². The summed E-state index contributed by atoms with van der Waals surface area (Å²) >= 11 is 0. The summed E-state index contributed by atoms with van der Waals surface area (Å²) in [4.78, 5) is 80.1. The van der Waals surface area contributed by atoms with E-state index in [1.165, 1.54) is 0 Å². The molecule has 0 unspecified atom stereocenters. The fourth-order valence-electron chi connectivity index (χ4n) is 8.53. The number of nitrogens with one attached hydrogen (secondary N) is 1. The molecule has 1 N–H and O–H groups in total. The highest BCUT2D eigenvalue weighted by atomic mass is 28.4. The fourth-order valence-corrected chi connectivity index (χ4v) is 13.5. The molecule has 3 aliphatic rings. The number of benzene rings is 2. The number of rotatable bonds is 17. The van der Waals surface area contributed by atoms with Crippen molar-refractivity contribution in [1.29, 1.82) is 0 Å². The minimum atomic E-state index is -3.43. The molecule has 11 atom stereocenters. The normalized spacial score (nSPS) is 26.9. The van der Waals surface area contributed by atoms with Crippen molar-refractivity contribution in [3.63, 3.8) is 0 Å². The average Bonchev–Trinajstić information content (AvgIpc) is 3.27. The first kappa shape index (κ1) is 54.3. The maximum absolute atomic E-state index is 13.8. The number of azide groups is 1. The second-order valence-electron chi connectivity index (χ2n) is 18.6. The van der Waals surface area contributed by atoms with Crippen molar-refractivity contribution in [2.45, 2.75) is 160 Å². The number of fused-ring (bicyclic) bond motifs is 1. The lowest BCUT2D eigenvalue weighted by Gasteiger charge is -2.58. The van der Waals surface area contributed by atoms with Crippen LogP contribution in [-0.4, -0.2) is 132 Å². The van der Waals surface area contributed by atoms with Crippen molar-refractivity contribution in [3.05, 3.63) is 82.2 Å². The van der Waals surface area contributed by atoms with Gasteiger partial charge in [0.25, 0.3) is 0 Å². The minimum Gasteiger partial charge on any atom is -0.463 e. The number of hydrogen-bond donors (Lipinski definition) is 1. The van der Waals surface area contributed by atoms with Crippen LogP contribution in [0, 0.1) is 0 Å². The van der Waals surface area contributed by atoms with E-state index in [1.54, 1.807) is 60.7 Å². The Morgan fingerprint density at radius 2 is 1.28 bits per heavy atom. The van der Waals surface area contributed by atoms with Gasteiger partial charge in [-0.2, -0.15) is 0 Å². The van der Waals surface area contributed by atoms with Crippen LogP contribution in [0.1, 0.15) is 80.4 Å². The Balaban J connectivity index is 1.56. The molecular weight excluding hydrogens is 925 g/mol. The smallest absolute Gasteiger partial charge is 0.408 e. The number of esters is 5. The van der Waals surface area contributed by atoms with Gasteiger partial charge in [-0.05, 0) is 16.7 Å². The highest BCUT2D eigenvalue weighted by Gasteiger charge is 2.66. The first-order chi connectivity index (χ1) is 32.5. The summed E-state index contributed by atoms with van der Waals surface area (Å²) in [6.45, 7) is 14.6. The molecule has 2 aromatic carbocycles. The molecule has 0 bridgehead atoms. The lowest BCUT2D eigenvalue weighted by atomic mass is 9.95. The number of hydrogen-bond acceptors (Lipinski definition) is 19. The van der Waals surface area contributed by atoms with Gasteiger partial charge in [0.1, 0.15) is 50.3 Å². The largest absolute Gasteiger partial charge is 0.463 e. The highest BCUT2D eigenvalue weighted by molar-refractivity contribution is 6.73. The molecule has 3 aliphatic heterocycles. The molecule has 69 heavy (non-hydrogen) atoms. The van der Waals surface area contributed by atoms with Crippen LogP contribution in [0.2, 0.25) is 10.1 Å². The van der Waals surface area contributed by atoms with Gasteiger partial charge < -0.3 is 61.5 Å². The molecule has 22 nitrogen and oxygen atoms in total. The van der Waals surface area contributed by atoms with E-state index >= 15 is 0 Å². The van der Waals surface area contributed by atoms with Crippen LogP contribution in [0.15, 0.2) is 65.8 Å². The number of ether oxygens (including phenoxy) is 10. The van der Waals surface area contributed by atoms with Crippen molar-refractivity contribution in [3.8, 4) is 0 Å². The summed E-state index contributed by atoms with van der Waals surface area (Å²) in [5.41, 5.74) is 11.5. The molecule has 1 amide bonds. The van der Waals surface area contributed by atoms with Crippen LogP contribution in [0.25, 0.3) is 10.4 Å². The lowest BCUT2D eigenvalue weighted by molar-refractivity contribution is -0.347. The molecule has 23 heteroatoms. The van der Waals surface area contributed by atoms with Crippen molar-refractivity contribution >= 4 is 44.5 Å². The third-order valence-corrected chi connectivity index (χ3v) is 16.3. The van der Waals surface area contributed by atoms with E-state index in [2.05, 4.69) is 15.3 Å². The van der Waals surface area contributed by atoms with Gasteiger partial charge in [-0.3, -0.25) is 19.2 Å². The molecule has 0 saturated carbocycles. The maximum atomic E-state index is 13.8. The molecule has 2 aromatic rings. The Morgan fingerprint density at radius 1 is 0.725 bits per heavy atom. The Morgan fingerprint density at radius 3 is 1.81 bits per heavy atom. The molecule has 0 spiro atoms. The Hall–Kier alpha value is -5.65. The molecule has 0 aliphatic carbocycles. The van der Waals surface area contributed by atoms with Gasteiger partial charge in [0, 0.05) is 42.7 Å². The zero-order valence-corrected chi connectivity index (χ0v) is 41.3. The van der Waals surface area contributed by atoms with Gasteiger partial charge in [0.15, 0.2) is 36.9 Å². The first-order valence-electron chi connectivity index (χ1n) is 22.3. The monoisotopic (exact) mass is 986 g/mol. The predicted octanol–water partition coefficient (Wildman–Crippen LogP) is 5.37. The van der Waals surface area contributed by atoms with Crippen molar-refractivity contribution in [2.24, 2.45) is 5.11 Å². The van der Waals surface area contributed by atoms with Gasteiger partial charge in [0.2, 0.25) is 0 Å². The summed E-state index contributed by atoms with van der Waals surface area (Å²) in [5, 5.41) is 5.35. The van der Waals surface area contributed by atoms with Crippen LogP contribution >= 0.6 is 0 Å². The van der Waals surface area contributed by atoms with E-state index in [-0.39, 0.29) is 19.8 Å². The molecule has 3 heterocycles. The van der Waals surface area contributed by atoms with Gasteiger partial charge >= 0.3 is 44.5 Å². The van der Waals surface area contributed by atoms with E-state index in [9.17, 15) is 34.3 Å². The lowest BCUT2D eigenvalue weighted by Crippen LogP contribution is -2.72. The Labute approximate surface area is 401 Å². The van der Waals surface area contributed by atoms with E-state index in [0.29, 0.717) is 11.1 Å². The van der Waals surface area contributed by atoms with E-state index < -0.39 is 135 Å². The van der Waals surface area contributed by atoms with Crippen molar-refractivity contribution in [2.75, 3.05) is 19.8 Å². The SMILES string of the molecule is CC(=O)OC[C@H]1O[C@@H](O[C@@H]2[C@@H](N=[N+]=[N-])[C@@H](OC[C@H](NC(=O)OCc3ccccc3)C(=O)OCc3ccccc3)O[C@@H]3CO[Si](C(C)(C)C)(C(C)(C)C)O[C@H]23)[C@H](OC(C)=O)[C@@H](OC(C)=O)[C@H]1OC(C)=O. The zero-order valence-electron chi connectivity index (χ0n) is 40.3. The van der Waals surface area contributed by atoms with Gasteiger partial charge in [-0.25, -0.2) is 9.59 Å². The highest BCUT2D eigenvalue weighted by Crippen LogP contribution is 2.55. The molecule has 3 saturated heterocycles. The molecule has 3 fully saturated rings. The summed E-state index contributed by atoms with van der Waals surface area (Å²) in [6, 6.07) is 14.6. The fraction of sp³-hybridized carbons (Fsp3) is 0.609. The van der Waals surface area contributed by atoms with Crippen LogP contribution in [0.3, 0.4) is 0 Å². The standard InChI is InChI=1S/C46H62N4O18Si/c1-26(51)57-24-33-36(62-27(2)52)39(63-28(3)53)40(64-29(4)54)43(66-33)67-38-35(49-50-47)42(65-34-25-61-69(45(5,6)7,46(8,9)10)68-37(34)38)59-23-32(41(55)58-21-30-17-13-11-14-18-30)48-44(56)60-22-31-19-15-12-16-20-31/h11-20,32-40,42-43H,21-25H2,1-10H3,(H,48,56)/t32-,33+,34+,35+,36-,37-,38+,39-,40+,42-,43-/m0/s1. The molecule has 378 valence electrons. The second-order valence-corrected chi connectivity index (χ2v) is 23.4. The predicted molar refractivity (Wildman–Crippen MR) is 240 cm³/mol. The van der Waals surface area contributed by atoms with E-state index in [1.807, 2.05) is 41.5 Å². The third kappa shape index (κ3) is 14.2. The maximum Gasteiger partial charge on any atom is 0.408 e. The average molecular weight is 987 g/mol. The number of amides is 1. The summed E-state index contributed by atoms with van der Waals surface area (Å²) in [5.74, 6) is -4.25. The number of carbonyl (C=O) groups is 6.